The zero-order valence-electron chi connectivity index (χ0n) is 8.60. The van der Waals surface area contributed by atoms with Crippen molar-refractivity contribution in [3.63, 3.8) is 0 Å². The van der Waals surface area contributed by atoms with Gasteiger partial charge in [-0.1, -0.05) is 25.5 Å². The van der Waals surface area contributed by atoms with E-state index in [-0.39, 0.29) is 11.5 Å². The standard InChI is InChI=1S/C11H13NO3/c1-2-3-7-11(13)9-5-4-6-10(8-9)12(14)15/h4-6,8H,2-3,7H2,1H3. The Kier molecular flexibility index (Phi) is 3.97. The monoisotopic (exact) mass is 207 g/mol. The summed E-state index contributed by atoms with van der Waals surface area (Å²) in [5.74, 6) is -0.0273. The summed E-state index contributed by atoms with van der Waals surface area (Å²) >= 11 is 0. The normalized spacial score (nSPS) is 9.93. The molecule has 0 aromatic heterocycles. The molecule has 1 rings (SSSR count). The van der Waals surface area contributed by atoms with Crippen molar-refractivity contribution in [1.29, 1.82) is 0 Å². The third kappa shape index (κ3) is 3.16. The van der Waals surface area contributed by atoms with Crippen LogP contribution in [0.5, 0.6) is 0 Å². The lowest BCUT2D eigenvalue weighted by molar-refractivity contribution is -0.384. The van der Waals surface area contributed by atoms with Crippen LogP contribution < -0.4 is 0 Å². The van der Waals surface area contributed by atoms with Crippen molar-refractivity contribution < 1.29 is 9.72 Å². The Morgan fingerprint density at radius 3 is 2.80 bits per heavy atom. The SMILES string of the molecule is CCCCC(=O)c1cccc([N+](=O)[O-])c1. The second-order valence-electron chi connectivity index (χ2n) is 3.33. The maximum Gasteiger partial charge on any atom is 0.270 e. The highest BCUT2D eigenvalue weighted by Crippen LogP contribution is 2.15. The van der Waals surface area contributed by atoms with E-state index in [2.05, 4.69) is 0 Å². The molecule has 0 aliphatic rings. The van der Waals surface area contributed by atoms with Crippen molar-refractivity contribution >= 4 is 11.5 Å². The highest BCUT2D eigenvalue weighted by molar-refractivity contribution is 5.96. The number of carbonyl (C=O) groups excluding carboxylic acids is 1. The van der Waals surface area contributed by atoms with E-state index >= 15 is 0 Å². The summed E-state index contributed by atoms with van der Waals surface area (Å²) in [5.41, 5.74) is 0.398. The topological polar surface area (TPSA) is 60.2 Å². The number of hydrogen-bond donors (Lipinski definition) is 0. The maximum absolute atomic E-state index is 11.6. The zero-order chi connectivity index (χ0) is 11.3. The first-order valence-corrected chi connectivity index (χ1v) is 4.92. The van der Waals surface area contributed by atoms with Gasteiger partial charge in [0.05, 0.1) is 4.92 Å². The molecule has 0 unspecified atom stereocenters. The predicted octanol–water partition coefficient (Wildman–Crippen LogP) is 2.97. The largest absolute Gasteiger partial charge is 0.294 e. The molecule has 0 saturated carbocycles. The highest BCUT2D eigenvalue weighted by Gasteiger charge is 2.10. The second-order valence-corrected chi connectivity index (χ2v) is 3.33. The molecule has 0 radical (unpaired) electrons. The Morgan fingerprint density at radius 2 is 2.20 bits per heavy atom. The van der Waals surface area contributed by atoms with Gasteiger partial charge in [0.25, 0.3) is 5.69 Å². The smallest absolute Gasteiger partial charge is 0.270 e. The van der Waals surface area contributed by atoms with Crippen LogP contribution in [0.3, 0.4) is 0 Å². The fraction of sp³-hybridized carbons (Fsp3) is 0.364. The van der Waals surface area contributed by atoms with Gasteiger partial charge in [0.2, 0.25) is 0 Å². The molecule has 0 saturated heterocycles. The van der Waals surface area contributed by atoms with Crippen LogP contribution in [0.25, 0.3) is 0 Å². The maximum atomic E-state index is 11.6. The number of ketones is 1. The molecule has 1 aromatic carbocycles. The minimum Gasteiger partial charge on any atom is -0.294 e. The van der Waals surface area contributed by atoms with Crippen LogP contribution in [0.15, 0.2) is 24.3 Å². The van der Waals surface area contributed by atoms with E-state index in [1.807, 2.05) is 6.92 Å². The van der Waals surface area contributed by atoms with Crippen molar-refractivity contribution in [3.05, 3.63) is 39.9 Å². The molecule has 0 fully saturated rings. The lowest BCUT2D eigenvalue weighted by atomic mass is 10.1. The molecule has 4 nitrogen and oxygen atoms in total. The number of Topliss-reactive ketones (excluding diaryl/α,β-unsaturated/α-hetero) is 1. The first kappa shape index (κ1) is 11.4. The minimum atomic E-state index is -0.489. The second kappa shape index (κ2) is 5.24. The Hall–Kier alpha value is -1.71. The van der Waals surface area contributed by atoms with E-state index < -0.39 is 4.92 Å². The lowest BCUT2D eigenvalue weighted by Crippen LogP contribution is -1.99. The molecule has 4 heteroatoms. The van der Waals surface area contributed by atoms with E-state index in [1.165, 1.54) is 18.2 Å². The predicted molar refractivity (Wildman–Crippen MR) is 57.0 cm³/mol. The first-order chi connectivity index (χ1) is 7.15. The van der Waals surface area contributed by atoms with Crippen LogP contribution in [-0.4, -0.2) is 10.7 Å². The Balaban J connectivity index is 2.81. The van der Waals surface area contributed by atoms with E-state index in [9.17, 15) is 14.9 Å². The van der Waals surface area contributed by atoms with Gasteiger partial charge < -0.3 is 0 Å². The third-order valence-corrected chi connectivity index (χ3v) is 2.14. The molecule has 0 aliphatic carbocycles. The van der Waals surface area contributed by atoms with Crippen molar-refractivity contribution in [2.24, 2.45) is 0 Å². The van der Waals surface area contributed by atoms with Gasteiger partial charge in [-0.25, -0.2) is 0 Å². The molecule has 80 valence electrons. The molecular weight excluding hydrogens is 194 g/mol. The van der Waals surface area contributed by atoms with Crippen LogP contribution in [0, 0.1) is 10.1 Å². The fourth-order valence-corrected chi connectivity index (χ4v) is 1.27. The quantitative estimate of drug-likeness (QED) is 0.423. The number of nitro groups is 1. The molecule has 15 heavy (non-hydrogen) atoms. The minimum absolute atomic E-state index is 0.0273. The Labute approximate surface area is 88.1 Å². The van der Waals surface area contributed by atoms with E-state index in [4.69, 9.17) is 0 Å². The van der Waals surface area contributed by atoms with Gasteiger partial charge in [0.1, 0.15) is 0 Å². The molecule has 0 amide bonds. The van der Waals surface area contributed by atoms with Crippen LogP contribution in [-0.2, 0) is 0 Å². The van der Waals surface area contributed by atoms with Crippen LogP contribution >= 0.6 is 0 Å². The summed E-state index contributed by atoms with van der Waals surface area (Å²) in [6.07, 6.45) is 2.22. The molecule has 0 bridgehead atoms. The summed E-state index contributed by atoms with van der Waals surface area (Å²) in [5, 5.41) is 10.5. The van der Waals surface area contributed by atoms with Gasteiger partial charge in [-0.3, -0.25) is 14.9 Å². The molecule has 0 spiro atoms. The number of benzene rings is 1. The average molecular weight is 207 g/mol. The summed E-state index contributed by atoms with van der Waals surface area (Å²) in [7, 11) is 0. The number of unbranched alkanes of at least 4 members (excludes halogenated alkanes) is 1. The van der Waals surface area contributed by atoms with Crippen molar-refractivity contribution in [2.75, 3.05) is 0 Å². The van der Waals surface area contributed by atoms with Crippen LogP contribution in [0.1, 0.15) is 36.5 Å². The average Bonchev–Trinajstić information content (AvgIpc) is 2.26. The summed E-state index contributed by atoms with van der Waals surface area (Å²) in [4.78, 5) is 21.6. The third-order valence-electron chi connectivity index (χ3n) is 2.14. The molecular formula is C11H13NO3. The lowest BCUT2D eigenvalue weighted by Gasteiger charge is -1.99. The Morgan fingerprint density at radius 1 is 1.47 bits per heavy atom. The van der Waals surface area contributed by atoms with E-state index in [0.717, 1.165) is 12.8 Å². The van der Waals surface area contributed by atoms with E-state index in [1.54, 1.807) is 6.07 Å². The number of nitro benzene ring substituents is 1. The molecule has 0 heterocycles. The van der Waals surface area contributed by atoms with Crippen LogP contribution in [0.4, 0.5) is 5.69 Å². The van der Waals surface area contributed by atoms with Gasteiger partial charge in [-0.05, 0) is 6.42 Å². The van der Waals surface area contributed by atoms with Gasteiger partial charge in [0, 0.05) is 24.1 Å². The number of nitrogens with zero attached hydrogens (tertiary/aromatic N) is 1. The number of rotatable bonds is 5. The molecule has 0 atom stereocenters. The highest BCUT2D eigenvalue weighted by atomic mass is 16.6. The van der Waals surface area contributed by atoms with Crippen molar-refractivity contribution in [2.45, 2.75) is 26.2 Å². The molecule has 0 N–H and O–H groups in total. The van der Waals surface area contributed by atoms with Crippen LogP contribution in [0.2, 0.25) is 0 Å². The number of non-ortho nitro benzene ring substituents is 1. The molecule has 0 aliphatic heterocycles. The summed E-state index contributed by atoms with van der Waals surface area (Å²) in [6.45, 7) is 2.00. The van der Waals surface area contributed by atoms with Gasteiger partial charge in [-0.15, -0.1) is 0 Å². The van der Waals surface area contributed by atoms with Crippen molar-refractivity contribution in [3.8, 4) is 0 Å². The van der Waals surface area contributed by atoms with Gasteiger partial charge >= 0.3 is 0 Å². The first-order valence-electron chi connectivity index (χ1n) is 4.92. The van der Waals surface area contributed by atoms with Crippen molar-refractivity contribution in [1.82, 2.24) is 0 Å². The van der Waals surface area contributed by atoms with Gasteiger partial charge in [0.15, 0.2) is 5.78 Å². The number of hydrogen-bond acceptors (Lipinski definition) is 3. The fourth-order valence-electron chi connectivity index (χ4n) is 1.27. The number of carbonyl (C=O) groups is 1. The summed E-state index contributed by atoms with van der Waals surface area (Å²) < 4.78 is 0. The zero-order valence-corrected chi connectivity index (χ0v) is 8.60. The molecule has 1 aromatic rings. The Bertz CT molecular complexity index is 374. The summed E-state index contributed by atoms with van der Waals surface area (Å²) in [6, 6.07) is 5.87. The van der Waals surface area contributed by atoms with E-state index in [0.29, 0.717) is 12.0 Å². The van der Waals surface area contributed by atoms with Gasteiger partial charge in [-0.2, -0.15) is 0 Å².